The summed E-state index contributed by atoms with van der Waals surface area (Å²) in [5, 5.41) is 0. The fraction of sp³-hybridized carbons (Fsp3) is 0.639. The van der Waals surface area contributed by atoms with Gasteiger partial charge in [0.2, 0.25) is 0 Å². The molecule has 0 saturated heterocycles. The maximum atomic E-state index is 13.3. The van der Waals surface area contributed by atoms with Crippen LogP contribution in [0.2, 0.25) is 0 Å². The van der Waals surface area contributed by atoms with E-state index in [0.29, 0.717) is 0 Å². The first-order chi connectivity index (χ1) is 20.2. The number of carbonyl (C=O) groups excluding carboxylic acids is 1. The molecule has 1 aliphatic heterocycles. The van der Waals surface area contributed by atoms with Crippen LogP contribution >= 0.6 is 11.8 Å². The molecule has 3 rings (SSSR count). The van der Waals surface area contributed by atoms with Crippen molar-refractivity contribution in [1.82, 2.24) is 0 Å². The summed E-state index contributed by atoms with van der Waals surface area (Å²) in [6, 6.07) is 12.2. The van der Waals surface area contributed by atoms with Crippen molar-refractivity contribution in [1.29, 1.82) is 0 Å². The Hall–Kier alpha value is -2.34. The van der Waals surface area contributed by atoms with Gasteiger partial charge in [0.25, 0.3) is 0 Å². The zero-order valence-corrected chi connectivity index (χ0v) is 28.7. The summed E-state index contributed by atoms with van der Waals surface area (Å²) in [6.45, 7) is 13.0. The third kappa shape index (κ3) is 11.7. The summed E-state index contributed by atoms with van der Waals surface area (Å²) in [5.74, 6) is 0.773. The lowest BCUT2D eigenvalue weighted by Gasteiger charge is -2.33. The number of rotatable bonds is 16. The number of carbonyl (C=O) groups is 1. The minimum absolute atomic E-state index is 0.367. The predicted molar refractivity (Wildman–Crippen MR) is 182 cm³/mol. The standard InChI is InChI=1S/C34H52N2O3S.C2H6/c1-7-8-9-10-11-12-13-14-15-16-17-18-19-24-35(5)27-20-22-29-31(25-27)40-32-26-28(38-6)21-23-30(32)36(29)33(37)39-34(2,3)4;1-2/h20-23,25-26H,7-19,24H2,1-6H3;1-2H3. The maximum absolute atomic E-state index is 13.3. The smallest absolute Gasteiger partial charge is 0.419 e. The predicted octanol–water partition coefficient (Wildman–Crippen LogP) is 11.8. The van der Waals surface area contributed by atoms with E-state index in [4.69, 9.17) is 9.47 Å². The largest absolute Gasteiger partial charge is 0.497 e. The Morgan fingerprint density at radius 1 is 0.786 bits per heavy atom. The lowest BCUT2D eigenvalue weighted by atomic mass is 10.0. The van der Waals surface area contributed by atoms with E-state index in [2.05, 4.69) is 37.1 Å². The lowest BCUT2D eigenvalue weighted by Crippen LogP contribution is -2.35. The van der Waals surface area contributed by atoms with Crippen LogP contribution in [0.5, 0.6) is 5.75 Å². The number of anilines is 3. The van der Waals surface area contributed by atoms with Gasteiger partial charge in [0.15, 0.2) is 0 Å². The van der Waals surface area contributed by atoms with E-state index in [1.807, 2.05) is 52.8 Å². The van der Waals surface area contributed by atoms with Crippen LogP contribution in [-0.2, 0) is 4.74 Å². The Labute approximate surface area is 261 Å². The van der Waals surface area contributed by atoms with E-state index in [-0.39, 0.29) is 6.09 Å². The number of hydrogen-bond donors (Lipinski definition) is 0. The molecule has 5 nitrogen and oxygen atoms in total. The van der Waals surface area contributed by atoms with E-state index in [1.165, 1.54) is 89.2 Å². The molecule has 236 valence electrons. The van der Waals surface area contributed by atoms with Gasteiger partial charge in [-0.2, -0.15) is 0 Å². The van der Waals surface area contributed by atoms with Gasteiger partial charge in [-0.25, -0.2) is 9.69 Å². The summed E-state index contributed by atoms with van der Waals surface area (Å²) < 4.78 is 11.3. The molecule has 0 aromatic heterocycles. The fourth-order valence-corrected chi connectivity index (χ4v) is 6.26. The van der Waals surface area contributed by atoms with Gasteiger partial charge in [-0.15, -0.1) is 0 Å². The van der Waals surface area contributed by atoms with Crippen molar-refractivity contribution < 1.29 is 14.3 Å². The third-order valence-corrected chi connectivity index (χ3v) is 8.52. The van der Waals surface area contributed by atoms with Crippen molar-refractivity contribution in [2.45, 2.75) is 140 Å². The summed E-state index contributed by atoms with van der Waals surface area (Å²) >= 11 is 1.67. The zero-order valence-electron chi connectivity index (χ0n) is 27.9. The molecule has 0 radical (unpaired) electrons. The first-order valence-corrected chi connectivity index (χ1v) is 17.3. The highest BCUT2D eigenvalue weighted by atomic mass is 32.2. The molecule has 6 heteroatoms. The van der Waals surface area contributed by atoms with E-state index < -0.39 is 5.60 Å². The van der Waals surface area contributed by atoms with Crippen molar-refractivity contribution in [2.75, 3.05) is 30.5 Å². The molecule has 0 atom stereocenters. The molecule has 0 unspecified atom stereocenters. The van der Waals surface area contributed by atoms with Crippen LogP contribution in [0.4, 0.5) is 21.9 Å². The highest BCUT2D eigenvalue weighted by Gasteiger charge is 2.32. The van der Waals surface area contributed by atoms with Gasteiger partial charge in [-0.1, -0.05) is 110 Å². The van der Waals surface area contributed by atoms with Crippen LogP contribution in [-0.4, -0.2) is 32.4 Å². The molecule has 0 saturated carbocycles. The minimum Gasteiger partial charge on any atom is -0.497 e. The Kier molecular flexibility index (Phi) is 16.3. The van der Waals surface area contributed by atoms with Crippen LogP contribution in [0.3, 0.4) is 0 Å². The van der Waals surface area contributed by atoms with Gasteiger partial charge in [0.1, 0.15) is 11.4 Å². The van der Waals surface area contributed by atoms with Gasteiger partial charge >= 0.3 is 6.09 Å². The number of hydrogen-bond acceptors (Lipinski definition) is 5. The summed E-state index contributed by atoms with van der Waals surface area (Å²) in [7, 11) is 3.83. The van der Waals surface area contributed by atoms with Gasteiger partial charge in [0, 0.05) is 29.1 Å². The fourth-order valence-electron chi connectivity index (χ4n) is 5.14. The molecular formula is C36H58N2O3S. The summed E-state index contributed by atoms with van der Waals surface area (Å²) in [4.78, 5) is 19.4. The minimum atomic E-state index is -0.581. The molecule has 0 N–H and O–H groups in total. The van der Waals surface area contributed by atoms with E-state index in [9.17, 15) is 4.79 Å². The SMILES string of the molecule is CC.CCCCCCCCCCCCCCCN(C)c1ccc2c(c1)Sc1cc(OC)ccc1N2C(=O)OC(C)(C)C. The molecule has 1 amide bonds. The summed E-state index contributed by atoms with van der Waals surface area (Å²) in [6.07, 6.45) is 17.4. The van der Waals surface area contributed by atoms with E-state index >= 15 is 0 Å². The number of methoxy groups -OCH3 is 1. The van der Waals surface area contributed by atoms with Crippen LogP contribution in [0.15, 0.2) is 46.2 Å². The average molecular weight is 599 g/mol. The number of unbranched alkanes of at least 4 members (excludes halogenated alkanes) is 12. The summed E-state index contributed by atoms with van der Waals surface area (Å²) in [5.41, 5.74) is 2.26. The molecule has 1 heterocycles. The Balaban J connectivity index is 0.00000301. The first kappa shape index (κ1) is 35.9. The van der Waals surface area contributed by atoms with E-state index in [1.54, 1.807) is 23.8 Å². The Morgan fingerprint density at radius 2 is 1.29 bits per heavy atom. The van der Waals surface area contributed by atoms with Gasteiger partial charge in [0.05, 0.1) is 18.5 Å². The number of nitrogens with zero attached hydrogens (tertiary/aromatic N) is 2. The molecular weight excluding hydrogens is 540 g/mol. The van der Waals surface area contributed by atoms with Crippen LogP contribution in [0, 0.1) is 0 Å². The molecule has 0 aliphatic carbocycles. The molecule has 42 heavy (non-hydrogen) atoms. The number of amides is 1. The van der Waals surface area contributed by atoms with Gasteiger partial charge in [-0.05, 0) is 63.6 Å². The molecule has 0 fully saturated rings. The number of ether oxygens (including phenoxy) is 2. The first-order valence-electron chi connectivity index (χ1n) is 16.5. The Morgan fingerprint density at radius 3 is 1.81 bits per heavy atom. The molecule has 0 spiro atoms. The topological polar surface area (TPSA) is 42.0 Å². The van der Waals surface area contributed by atoms with Crippen molar-refractivity contribution >= 4 is 34.9 Å². The normalized spacial score (nSPS) is 12.1. The average Bonchev–Trinajstić information content (AvgIpc) is 2.97. The second-order valence-electron chi connectivity index (χ2n) is 12.1. The molecule has 0 bridgehead atoms. The quantitative estimate of drug-likeness (QED) is 0.180. The number of fused-ring (bicyclic) bond motifs is 2. The zero-order chi connectivity index (χ0) is 31.0. The van der Waals surface area contributed by atoms with Crippen molar-refractivity contribution in [3.05, 3.63) is 36.4 Å². The highest BCUT2D eigenvalue weighted by Crippen LogP contribution is 2.50. The van der Waals surface area contributed by atoms with Crippen molar-refractivity contribution in [3.63, 3.8) is 0 Å². The van der Waals surface area contributed by atoms with Gasteiger partial charge in [-0.3, -0.25) is 0 Å². The molecule has 2 aromatic carbocycles. The van der Waals surface area contributed by atoms with Crippen molar-refractivity contribution in [2.24, 2.45) is 0 Å². The second-order valence-corrected chi connectivity index (χ2v) is 13.2. The third-order valence-electron chi connectivity index (χ3n) is 7.43. The van der Waals surface area contributed by atoms with Crippen LogP contribution in [0.25, 0.3) is 0 Å². The lowest BCUT2D eigenvalue weighted by molar-refractivity contribution is 0.0597. The van der Waals surface area contributed by atoms with Crippen LogP contribution in [0.1, 0.15) is 125 Å². The second kappa shape index (κ2) is 19.0. The Bertz CT molecular complexity index is 1070. The molecule has 1 aliphatic rings. The van der Waals surface area contributed by atoms with Crippen molar-refractivity contribution in [3.8, 4) is 5.75 Å². The monoisotopic (exact) mass is 598 g/mol. The van der Waals surface area contributed by atoms with Crippen LogP contribution < -0.4 is 14.5 Å². The highest BCUT2D eigenvalue weighted by molar-refractivity contribution is 7.99. The van der Waals surface area contributed by atoms with E-state index in [0.717, 1.165) is 33.5 Å². The van der Waals surface area contributed by atoms with Gasteiger partial charge < -0.3 is 14.4 Å². The molecule has 2 aromatic rings. The maximum Gasteiger partial charge on any atom is 0.419 e. The number of benzene rings is 2.